The molecule has 4 rings (SSSR count). The molecule has 0 bridgehead atoms. The van der Waals surface area contributed by atoms with Gasteiger partial charge < -0.3 is 14.4 Å². The highest BCUT2D eigenvalue weighted by Gasteiger charge is 2.47. The third-order valence-corrected chi connectivity index (χ3v) is 5.63. The second kappa shape index (κ2) is 8.41. The fraction of sp³-hybridized carbons (Fsp3) is 0.375. The number of phenolic OH excluding ortho intramolecular Hbond substituents is 1. The molecule has 0 aliphatic carbocycles. The monoisotopic (exact) mass is 421 g/mol. The van der Waals surface area contributed by atoms with E-state index in [1.54, 1.807) is 30.0 Å². The maximum Gasteiger partial charge on any atom is 0.321 e. The molecule has 7 nitrogen and oxygen atoms in total. The summed E-state index contributed by atoms with van der Waals surface area (Å²) < 4.78 is 7.27. The molecule has 2 atom stereocenters. The highest BCUT2D eigenvalue weighted by atomic mass is 16.5. The number of nitrogens with zero attached hydrogens (tertiary/aromatic N) is 3. The van der Waals surface area contributed by atoms with Gasteiger partial charge in [0.25, 0.3) is 0 Å². The average molecular weight is 421 g/mol. The molecule has 0 radical (unpaired) electrons. The number of fused-ring (bicyclic) bond motifs is 3. The molecule has 0 spiro atoms. The molecule has 1 aromatic heterocycles. The number of amides is 1. The highest BCUT2D eigenvalue weighted by molar-refractivity contribution is 6.08. The van der Waals surface area contributed by atoms with E-state index in [9.17, 15) is 14.7 Å². The lowest BCUT2D eigenvalue weighted by Crippen LogP contribution is -2.50. The predicted molar refractivity (Wildman–Crippen MR) is 118 cm³/mol. The largest absolute Gasteiger partial charge is 0.508 e. The van der Waals surface area contributed by atoms with Crippen molar-refractivity contribution in [1.82, 2.24) is 9.55 Å². The SMILES string of the molecule is CCOC(=O)C1C(=O)N(CCC(C)C)c2nc3ccccc3n2C1c1cccc(O)c1. The van der Waals surface area contributed by atoms with E-state index >= 15 is 0 Å². The minimum atomic E-state index is -1.07. The Kier molecular flexibility index (Phi) is 5.67. The van der Waals surface area contributed by atoms with E-state index in [-0.39, 0.29) is 18.3 Å². The topological polar surface area (TPSA) is 84.7 Å². The van der Waals surface area contributed by atoms with E-state index in [1.807, 2.05) is 34.9 Å². The lowest BCUT2D eigenvalue weighted by atomic mass is 9.89. The Labute approximate surface area is 181 Å². The second-order valence-electron chi connectivity index (χ2n) is 8.21. The normalized spacial score (nSPS) is 18.5. The zero-order chi connectivity index (χ0) is 22.1. The number of hydrogen-bond acceptors (Lipinski definition) is 5. The Balaban J connectivity index is 1.97. The van der Waals surface area contributed by atoms with Crippen molar-refractivity contribution >= 4 is 28.9 Å². The van der Waals surface area contributed by atoms with Gasteiger partial charge in [0.15, 0.2) is 5.92 Å². The fourth-order valence-corrected chi connectivity index (χ4v) is 4.16. The van der Waals surface area contributed by atoms with Crippen LogP contribution in [0.15, 0.2) is 48.5 Å². The number of phenols is 1. The number of carbonyl (C=O) groups is 2. The molecule has 1 aliphatic heterocycles. The summed E-state index contributed by atoms with van der Waals surface area (Å²) in [4.78, 5) is 33.1. The molecule has 0 fully saturated rings. The lowest BCUT2D eigenvalue weighted by Gasteiger charge is -2.38. The smallest absolute Gasteiger partial charge is 0.321 e. The van der Waals surface area contributed by atoms with E-state index in [0.29, 0.717) is 24.0 Å². The number of benzene rings is 2. The van der Waals surface area contributed by atoms with Crippen molar-refractivity contribution in [3.63, 3.8) is 0 Å². The van der Waals surface area contributed by atoms with Gasteiger partial charge >= 0.3 is 5.97 Å². The third-order valence-electron chi connectivity index (χ3n) is 5.63. The first-order valence-electron chi connectivity index (χ1n) is 10.7. The van der Waals surface area contributed by atoms with Gasteiger partial charge in [-0.3, -0.25) is 14.5 Å². The van der Waals surface area contributed by atoms with Crippen molar-refractivity contribution in [1.29, 1.82) is 0 Å². The number of anilines is 1. The Bertz CT molecular complexity index is 1120. The van der Waals surface area contributed by atoms with Gasteiger partial charge in [-0.25, -0.2) is 4.98 Å². The van der Waals surface area contributed by atoms with E-state index in [0.717, 1.165) is 17.5 Å². The van der Waals surface area contributed by atoms with Gasteiger partial charge in [0, 0.05) is 6.54 Å². The second-order valence-corrected chi connectivity index (χ2v) is 8.21. The maximum absolute atomic E-state index is 13.7. The molecule has 1 aliphatic rings. The Morgan fingerprint density at radius 1 is 1.19 bits per heavy atom. The van der Waals surface area contributed by atoms with Gasteiger partial charge in [-0.1, -0.05) is 38.1 Å². The fourth-order valence-electron chi connectivity index (χ4n) is 4.16. The Morgan fingerprint density at radius 2 is 1.97 bits per heavy atom. The first kappa shape index (κ1) is 20.9. The van der Waals surface area contributed by atoms with E-state index in [1.165, 1.54) is 0 Å². The van der Waals surface area contributed by atoms with Gasteiger partial charge in [-0.05, 0) is 49.1 Å². The average Bonchev–Trinajstić information content (AvgIpc) is 3.11. The van der Waals surface area contributed by atoms with Gasteiger partial charge in [0.05, 0.1) is 23.7 Å². The number of para-hydroxylation sites is 2. The summed E-state index contributed by atoms with van der Waals surface area (Å²) in [5.41, 5.74) is 2.22. The van der Waals surface area contributed by atoms with E-state index in [2.05, 4.69) is 13.8 Å². The van der Waals surface area contributed by atoms with E-state index in [4.69, 9.17) is 9.72 Å². The van der Waals surface area contributed by atoms with Crippen LogP contribution in [0.1, 0.15) is 38.8 Å². The quantitative estimate of drug-likeness (QED) is 0.482. The number of aromatic nitrogens is 2. The van der Waals surface area contributed by atoms with Gasteiger partial charge in [0.2, 0.25) is 11.9 Å². The number of carbonyl (C=O) groups excluding carboxylic acids is 2. The van der Waals surface area contributed by atoms with Crippen molar-refractivity contribution in [3.8, 4) is 5.75 Å². The molecule has 1 amide bonds. The van der Waals surface area contributed by atoms with Crippen LogP contribution in [0.4, 0.5) is 5.95 Å². The van der Waals surface area contributed by atoms with Gasteiger partial charge in [0.1, 0.15) is 5.75 Å². The first-order chi connectivity index (χ1) is 14.9. The minimum Gasteiger partial charge on any atom is -0.508 e. The molecule has 162 valence electrons. The van der Waals surface area contributed by atoms with Crippen LogP contribution in [0.2, 0.25) is 0 Å². The van der Waals surface area contributed by atoms with Crippen molar-refractivity contribution in [2.45, 2.75) is 33.2 Å². The number of esters is 1. The maximum atomic E-state index is 13.7. The molecular weight excluding hydrogens is 394 g/mol. The number of imidazole rings is 1. The molecule has 2 aromatic carbocycles. The van der Waals surface area contributed by atoms with Crippen LogP contribution in [-0.4, -0.2) is 39.7 Å². The molecule has 7 heteroatoms. The molecule has 3 aromatic rings. The van der Waals surface area contributed by atoms with Crippen molar-refractivity contribution in [3.05, 3.63) is 54.1 Å². The van der Waals surface area contributed by atoms with Crippen LogP contribution in [-0.2, 0) is 14.3 Å². The summed E-state index contributed by atoms with van der Waals surface area (Å²) in [7, 11) is 0. The summed E-state index contributed by atoms with van der Waals surface area (Å²) in [5, 5.41) is 10.1. The molecule has 2 heterocycles. The number of ether oxygens (including phenoxy) is 1. The van der Waals surface area contributed by atoms with Crippen molar-refractivity contribution in [2.24, 2.45) is 11.8 Å². The minimum absolute atomic E-state index is 0.0702. The zero-order valence-corrected chi connectivity index (χ0v) is 18.0. The lowest BCUT2D eigenvalue weighted by molar-refractivity contribution is -0.153. The van der Waals surface area contributed by atoms with Crippen molar-refractivity contribution in [2.75, 3.05) is 18.1 Å². The summed E-state index contributed by atoms with van der Waals surface area (Å²) in [5.74, 6) is -0.995. The molecule has 1 N–H and O–H groups in total. The molecule has 0 saturated heterocycles. The Morgan fingerprint density at radius 3 is 2.68 bits per heavy atom. The van der Waals surface area contributed by atoms with Crippen LogP contribution in [0.3, 0.4) is 0 Å². The molecule has 2 unspecified atom stereocenters. The van der Waals surface area contributed by atoms with Crippen LogP contribution in [0, 0.1) is 11.8 Å². The van der Waals surface area contributed by atoms with Gasteiger partial charge in [-0.2, -0.15) is 0 Å². The van der Waals surface area contributed by atoms with Crippen molar-refractivity contribution < 1.29 is 19.4 Å². The third kappa shape index (κ3) is 3.76. The van der Waals surface area contributed by atoms with Gasteiger partial charge in [-0.15, -0.1) is 0 Å². The molecule has 0 saturated carbocycles. The van der Waals surface area contributed by atoms with Crippen LogP contribution in [0.25, 0.3) is 11.0 Å². The standard InChI is InChI=1S/C24H27N3O4/c1-4-31-23(30)20-21(16-8-7-9-17(28)14-16)27-19-11-6-5-10-18(19)25-24(27)26(22(20)29)13-12-15(2)3/h5-11,14-15,20-21,28H,4,12-13H2,1-3H3. The number of rotatable bonds is 6. The number of aromatic hydroxyl groups is 1. The predicted octanol–water partition coefficient (Wildman–Crippen LogP) is 3.90. The van der Waals surface area contributed by atoms with Crippen LogP contribution >= 0.6 is 0 Å². The number of hydrogen-bond donors (Lipinski definition) is 1. The summed E-state index contributed by atoms with van der Waals surface area (Å²) in [6, 6.07) is 13.6. The Hall–Kier alpha value is -3.35. The summed E-state index contributed by atoms with van der Waals surface area (Å²) >= 11 is 0. The van der Waals surface area contributed by atoms with Crippen LogP contribution in [0.5, 0.6) is 5.75 Å². The summed E-state index contributed by atoms with van der Waals surface area (Å²) in [6.45, 7) is 6.55. The van der Waals surface area contributed by atoms with E-state index < -0.39 is 17.9 Å². The zero-order valence-electron chi connectivity index (χ0n) is 18.0. The summed E-state index contributed by atoms with van der Waals surface area (Å²) in [6.07, 6.45) is 0.779. The van der Waals surface area contributed by atoms with Crippen LogP contribution < -0.4 is 4.90 Å². The highest BCUT2D eigenvalue weighted by Crippen LogP contribution is 2.42. The molecule has 31 heavy (non-hydrogen) atoms. The first-order valence-corrected chi connectivity index (χ1v) is 10.7. The molecular formula is C24H27N3O4.